The Kier molecular flexibility index (Phi) is 12.2. The Labute approximate surface area is 176 Å². The van der Waals surface area contributed by atoms with Crippen LogP contribution in [-0.2, 0) is 13.2 Å². The minimum Gasteiger partial charge on any atom is -0.489 e. The van der Waals surface area contributed by atoms with Crippen molar-refractivity contribution in [1.82, 2.24) is 5.32 Å². The van der Waals surface area contributed by atoms with Gasteiger partial charge in [-0.2, -0.15) is 0 Å². The summed E-state index contributed by atoms with van der Waals surface area (Å²) in [6.45, 7) is 6.75. The fraction of sp³-hybridized carbons (Fsp3) is 0.478. The zero-order valence-electron chi connectivity index (χ0n) is 16.6. The third-order valence-electron chi connectivity index (χ3n) is 4.56. The molecule has 0 fully saturated rings. The molecule has 0 spiro atoms. The van der Waals surface area contributed by atoms with Crippen LogP contribution in [0.15, 0.2) is 42.5 Å². The first-order valence-electron chi connectivity index (χ1n) is 9.86. The molecule has 0 aliphatic heterocycles. The van der Waals surface area contributed by atoms with Gasteiger partial charge in [0.05, 0.1) is 0 Å². The van der Waals surface area contributed by atoms with E-state index in [0.717, 1.165) is 29.4 Å². The molecule has 2 aromatic carbocycles. The smallest absolute Gasteiger partial charge is 0.124 e. The molecule has 4 heteroatoms. The lowest BCUT2D eigenvalue weighted by Crippen LogP contribution is -2.15. The van der Waals surface area contributed by atoms with Crippen LogP contribution in [0.3, 0.4) is 0 Å². The van der Waals surface area contributed by atoms with Gasteiger partial charge in [0.15, 0.2) is 0 Å². The number of halogens is 2. The SMILES string of the molecule is CCCCCCCCNCc1cc(Cl)ccc1OCc1ccc(C)cc1.Cl. The highest BCUT2D eigenvalue weighted by molar-refractivity contribution is 6.30. The number of aryl methyl sites for hydroxylation is 1. The first-order valence-corrected chi connectivity index (χ1v) is 10.2. The second-order valence-electron chi connectivity index (χ2n) is 6.97. The third-order valence-corrected chi connectivity index (χ3v) is 4.80. The number of benzene rings is 2. The van der Waals surface area contributed by atoms with E-state index in [2.05, 4.69) is 43.4 Å². The second-order valence-corrected chi connectivity index (χ2v) is 7.41. The fourth-order valence-corrected chi connectivity index (χ4v) is 3.12. The van der Waals surface area contributed by atoms with Crippen LogP contribution in [0.5, 0.6) is 5.75 Å². The van der Waals surface area contributed by atoms with Crippen molar-refractivity contribution in [2.45, 2.75) is 65.5 Å². The summed E-state index contributed by atoms with van der Waals surface area (Å²) >= 11 is 6.18. The summed E-state index contributed by atoms with van der Waals surface area (Å²) < 4.78 is 6.04. The van der Waals surface area contributed by atoms with E-state index in [0.29, 0.717) is 6.61 Å². The van der Waals surface area contributed by atoms with Crippen LogP contribution in [0, 0.1) is 6.92 Å². The minimum atomic E-state index is 0. The molecule has 0 unspecified atom stereocenters. The molecule has 2 aromatic rings. The van der Waals surface area contributed by atoms with Gasteiger partial charge in [-0.3, -0.25) is 0 Å². The molecule has 0 radical (unpaired) electrons. The van der Waals surface area contributed by atoms with E-state index in [-0.39, 0.29) is 12.4 Å². The number of hydrogen-bond donors (Lipinski definition) is 1. The van der Waals surface area contributed by atoms with Gasteiger partial charge in [-0.1, -0.05) is 80.5 Å². The van der Waals surface area contributed by atoms with Gasteiger partial charge >= 0.3 is 0 Å². The van der Waals surface area contributed by atoms with E-state index >= 15 is 0 Å². The summed E-state index contributed by atoms with van der Waals surface area (Å²) in [6.07, 6.45) is 7.90. The van der Waals surface area contributed by atoms with Crippen LogP contribution >= 0.6 is 24.0 Å². The Hall–Kier alpha value is -1.22. The van der Waals surface area contributed by atoms with Crippen LogP contribution < -0.4 is 10.1 Å². The summed E-state index contributed by atoms with van der Waals surface area (Å²) in [5, 5.41) is 4.28. The first kappa shape index (κ1) is 23.8. The summed E-state index contributed by atoms with van der Waals surface area (Å²) in [4.78, 5) is 0. The Bertz CT molecular complexity index is 643. The first-order chi connectivity index (χ1) is 12.7. The molecule has 27 heavy (non-hydrogen) atoms. The summed E-state index contributed by atoms with van der Waals surface area (Å²) in [7, 11) is 0. The van der Waals surface area contributed by atoms with Gasteiger partial charge in [-0.15, -0.1) is 12.4 Å². The van der Waals surface area contributed by atoms with Crippen molar-refractivity contribution < 1.29 is 4.74 Å². The lowest BCUT2D eigenvalue weighted by molar-refractivity contribution is 0.302. The number of rotatable bonds is 12. The fourth-order valence-electron chi connectivity index (χ4n) is 2.93. The highest BCUT2D eigenvalue weighted by Crippen LogP contribution is 2.24. The molecule has 0 aliphatic carbocycles. The molecule has 0 bridgehead atoms. The molecule has 0 aliphatic rings. The number of nitrogens with one attached hydrogen (secondary N) is 1. The Morgan fingerprint density at radius 1 is 0.926 bits per heavy atom. The molecule has 150 valence electrons. The van der Waals surface area contributed by atoms with Gasteiger partial charge < -0.3 is 10.1 Å². The third kappa shape index (κ3) is 9.51. The molecule has 0 atom stereocenters. The van der Waals surface area contributed by atoms with Crippen LogP contribution in [0.1, 0.15) is 62.1 Å². The van der Waals surface area contributed by atoms with Crippen molar-refractivity contribution in [1.29, 1.82) is 0 Å². The van der Waals surface area contributed by atoms with E-state index < -0.39 is 0 Å². The average molecular weight is 410 g/mol. The summed E-state index contributed by atoms with van der Waals surface area (Å²) in [6, 6.07) is 14.3. The molecule has 0 aromatic heterocycles. The maximum atomic E-state index is 6.18. The topological polar surface area (TPSA) is 21.3 Å². The van der Waals surface area contributed by atoms with Gasteiger partial charge in [0.2, 0.25) is 0 Å². The van der Waals surface area contributed by atoms with Crippen LogP contribution in [0.2, 0.25) is 5.02 Å². The zero-order chi connectivity index (χ0) is 18.6. The molecule has 1 N–H and O–H groups in total. The van der Waals surface area contributed by atoms with Gasteiger partial charge in [0, 0.05) is 17.1 Å². The lowest BCUT2D eigenvalue weighted by atomic mass is 10.1. The standard InChI is InChI=1S/C23H32ClNO.ClH/c1-3-4-5-6-7-8-15-25-17-21-16-22(24)13-14-23(21)26-18-20-11-9-19(2)10-12-20;/h9-14,16,25H,3-8,15,17-18H2,1-2H3;1H. The van der Waals surface area contributed by atoms with Gasteiger partial charge in [0.1, 0.15) is 12.4 Å². The molecule has 2 rings (SSSR count). The molecular weight excluding hydrogens is 377 g/mol. The van der Waals surface area contributed by atoms with Crippen molar-refractivity contribution >= 4 is 24.0 Å². The zero-order valence-corrected chi connectivity index (χ0v) is 18.2. The number of hydrogen-bond acceptors (Lipinski definition) is 2. The lowest BCUT2D eigenvalue weighted by Gasteiger charge is -2.13. The predicted molar refractivity (Wildman–Crippen MR) is 119 cm³/mol. The van der Waals surface area contributed by atoms with Crippen LogP contribution in [0.4, 0.5) is 0 Å². The van der Waals surface area contributed by atoms with Crippen molar-refractivity contribution in [3.63, 3.8) is 0 Å². The van der Waals surface area contributed by atoms with Gasteiger partial charge in [-0.25, -0.2) is 0 Å². The number of unbranched alkanes of at least 4 members (excludes halogenated alkanes) is 5. The van der Waals surface area contributed by atoms with Gasteiger partial charge in [0.25, 0.3) is 0 Å². The van der Waals surface area contributed by atoms with E-state index in [4.69, 9.17) is 16.3 Å². The normalized spacial score (nSPS) is 10.5. The van der Waals surface area contributed by atoms with E-state index in [9.17, 15) is 0 Å². The van der Waals surface area contributed by atoms with Crippen molar-refractivity contribution in [2.24, 2.45) is 0 Å². The van der Waals surface area contributed by atoms with Gasteiger partial charge in [-0.05, 0) is 43.7 Å². The monoisotopic (exact) mass is 409 g/mol. The molecule has 0 amide bonds. The molecule has 0 heterocycles. The largest absolute Gasteiger partial charge is 0.489 e. The maximum Gasteiger partial charge on any atom is 0.124 e. The Balaban J connectivity index is 0.00000364. The molecule has 0 saturated heterocycles. The quantitative estimate of drug-likeness (QED) is 0.377. The molecule has 2 nitrogen and oxygen atoms in total. The van der Waals surface area contributed by atoms with Crippen molar-refractivity contribution in [3.05, 3.63) is 64.2 Å². The summed E-state index contributed by atoms with van der Waals surface area (Å²) in [5.41, 5.74) is 3.56. The summed E-state index contributed by atoms with van der Waals surface area (Å²) in [5.74, 6) is 0.908. The minimum absolute atomic E-state index is 0. The molecular formula is C23H33Cl2NO. The van der Waals surface area contributed by atoms with E-state index in [1.165, 1.54) is 49.7 Å². The van der Waals surface area contributed by atoms with Crippen LogP contribution in [0.25, 0.3) is 0 Å². The number of ether oxygens (including phenoxy) is 1. The highest BCUT2D eigenvalue weighted by Gasteiger charge is 2.05. The van der Waals surface area contributed by atoms with Crippen molar-refractivity contribution in [3.8, 4) is 5.75 Å². The van der Waals surface area contributed by atoms with Crippen LogP contribution in [-0.4, -0.2) is 6.54 Å². The Morgan fingerprint density at radius 2 is 1.63 bits per heavy atom. The predicted octanol–water partition coefficient (Wildman–Crippen LogP) is 7.10. The van der Waals surface area contributed by atoms with E-state index in [1.54, 1.807) is 0 Å². The Morgan fingerprint density at radius 3 is 2.37 bits per heavy atom. The van der Waals surface area contributed by atoms with Crippen molar-refractivity contribution in [2.75, 3.05) is 6.54 Å². The highest BCUT2D eigenvalue weighted by atomic mass is 35.5. The molecule has 0 saturated carbocycles. The van der Waals surface area contributed by atoms with E-state index in [1.807, 2.05) is 18.2 Å². The maximum absolute atomic E-state index is 6.18. The second kappa shape index (κ2) is 13.9. The average Bonchev–Trinajstić information content (AvgIpc) is 2.64.